The van der Waals surface area contributed by atoms with Gasteiger partial charge in [-0.25, -0.2) is 8.78 Å². The normalized spacial score (nSPS) is 33.9. The lowest BCUT2D eigenvalue weighted by molar-refractivity contribution is 0.0513. The zero-order chi connectivity index (χ0) is 15.1. The molecular formula is C19H28F2. The number of hydrogen-bond donors (Lipinski definition) is 0. The van der Waals surface area contributed by atoms with Gasteiger partial charge in [0, 0.05) is 11.8 Å². The van der Waals surface area contributed by atoms with E-state index in [4.69, 9.17) is 0 Å². The average Bonchev–Trinajstić information content (AvgIpc) is 2.52. The van der Waals surface area contributed by atoms with E-state index in [-0.39, 0.29) is 5.92 Å². The first-order valence-corrected chi connectivity index (χ1v) is 8.65. The zero-order valence-corrected chi connectivity index (χ0v) is 13.2. The van der Waals surface area contributed by atoms with Gasteiger partial charge in [0.05, 0.1) is 0 Å². The van der Waals surface area contributed by atoms with Crippen molar-refractivity contribution in [2.75, 3.05) is 0 Å². The Morgan fingerprint density at radius 2 is 1.67 bits per heavy atom. The second-order valence-electron chi connectivity index (χ2n) is 6.78. The van der Waals surface area contributed by atoms with Gasteiger partial charge in [-0.2, -0.15) is 0 Å². The van der Waals surface area contributed by atoms with Crippen LogP contribution in [-0.4, -0.2) is 6.43 Å². The third-order valence-corrected chi connectivity index (χ3v) is 5.34. The highest BCUT2D eigenvalue weighted by Crippen LogP contribution is 2.32. The molecule has 2 aliphatic carbocycles. The van der Waals surface area contributed by atoms with Crippen molar-refractivity contribution >= 4 is 0 Å². The van der Waals surface area contributed by atoms with Crippen molar-refractivity contribution < 1.29 is 8.78 Å². The minimum absolute atomic E-state index is 0.334. The molecule has 0 aromatic carbocycles. The Hall–Kier alpha value is -0.840. The highest BCUT2D eigenvalue weighted by atomic mass is 19.3. The van der Waals surface area contributed by atoms with E-state index < -0.39 is 6.43 Å². The molecule has 0 aromatic rings. The predicted octanol–water partition coefficient (Wildman–Crippen LogP) is 5.83. The number of alkyl halides is 2. The number of allylic oxidation sites excluding steroid dienone is 2. The molecule has 0 heterocycles. The SMILES string of the molecule is CCC1CCC(C=CC#CC2CCC(C(F)F)CC2)CC1. The Labute approximate surface area is 128 Å². The van der Waals surface area contributed by atoms with Gasteiger partial charge in [-0.05, 0) is 69.3 Å². The molecule has 21 heavy (non-hydrogen) atoms. The number of halogens is 2. The molecule has 2 saturated carbocycles. The van der Waals surface area contributed by atoms with E-state index in [9.17, 15) is 8.78 Å². The summed E-state index contributed by atoms with van der Waals surface area (Å²) in [4.78, 5) is 0. The molecule has 0 bridgehead atoms. The van der Waals surface area contributed by atoms with Crippen LogP contribution < -0.4 is 0 Å². The topological polar surface area (TPSA) is 0 Å². The molecule has 0 nitrogen and oxygen atoms in total. The van der Waals surface area contributed by atoms with Crippen LogP contribution in [0.1, 0.15) is 64.7 Å². The summed E-state index contributed by atoms with van der Waals surface area (Å²) in [6.45, 7) is 2.29. The maximum absolute atomic E-state index is 12.6. The van der Waals surface area contributed by atoms with Crippen LogP contribution in [0.3, 0.4) is 0 Å². The molecule has 0 amide bonds. The predicted molar refractivity (Wildman–Crippen MR) is 84.1 cm³/mol. The fourth-order valence-electron chi connectivity index (χ4n) is 3.65. The van der Waals surface area contributed by atoms with E-state index in [2.05, 4.69) is 24.8 Å². The highest BCUT2D eigenvalue weighted by molar-refractivity contribution is 5.18. The summed E-state index contributed by atoms with van der Waals surface area (Å²) in [5, 5.41) is 0. The monoisotopic (exact) mass is 294 g/mol. The second-order valence-corrected chi connectivity index (χ2v) is 6.78. The maximum atomic E-state index is 12.6. The maximum Gasteiger partial charge on any atom is 0.241 e. The highest BCUT2D eigenvalue weighted by Gasteiger charge is 2.26. The molecule has 0 unspecified atom stereocenters. The van der Waals surface area contributed by atoms with E-state index in [1.807, 2.05) is 6.08 Å². The first-order valence-electron chi connectivity index (χ1n) is 8.65. The van der Waals surface area contributed by atoms with Crippen molar-refractivity contribution in [1.29, 1.82) is 0 Å². The molecular weight excluding hydrogens is 266 g/mol. The van der Waals surface area contributed by atoms with E-state index in [1.54, 1.807) is 0 Å². The van der Waals surface area contributed by atoms with Crippen molar-refractivity contribution in [3.63, 3.8) is 0 Å². The molecule has 118 valence electrons. The fourth-order valence-corrected chi connectivity index (χ4v) is 3.65. The third-order valence-electron chi connectivity index (χ3n) is 5.34. The molecule has 2 fully saturated rings. The summed E-state index contributed by atoms with van der Waals surface area (Å²) < 4.78 is 25.1. The van der Waals surface area contributed by atoms with Gasteiger partial charge >= 0.3 is 0 Å². The van der Waals surface area contributed by atoms with Crippen LogP contribution in [0.5, 0.6) is 0 Å². The van der Waals surface area contributed by atoms with Gasteiger partial charge in [-0.15, -0.1) is 0 Å². The van der Waals surface area contributed by atoms with Crippen molar-refractivity contribution in [2.45, 2.75) is 71.1 Å². The van der Waals surface area contributed by atoms with E-state index in [0.29, 0.717) is 24.7 Å². The van der Waals surface area contributed by atoms with Crippen LogP contribution in [0.4, 0.5) is 8.78 Å². The zero-order valence-electron chi connectivity index (χ0n) is 13.2. The molecule has 2 heteroatoms. The van der Waals surface area contributed by atoms with Gasteiger partial charge in [0.25, 0.3) is 0 Å². The standard InChI is InChI=1S/C19H28F2/c1-2-15-7-9-16(10-8-15)5-3-4-6-17-11-13-18(14-12-17)19(20)21/h3,5,15-19H,2,7-14H2,1H3. The van der Waals surface area contributed by atoms with Crippen LogP contribution in [0.2, 0.25) is 0 Å². The van der Waals surface area contributed by atoms with Crippen molar-refractivity contribution in [3.05, 3.63) is 12.2 Å². The molecule has 0 spiro atoms. The molecule has 0 radical (unpaired) electrons. The average molecular weight is 294 g/mol. The number of hydrogen-bond acceptors (Lipinski definition) is 0. The summed E-state index contributed by atoms with van der Waals surface area (Å²) in [5.74, 6) is 8.01. The molecule has 0 N–H and O–H groups in total. The Balaban J connectivity index is 1.68. The van der Waals surface area contributed by atoms with Gasteiger partial charge in [-0.3, -0.25) is 0 Å². The Bertz CT molecular complexity index is 372. The van der Waals surface area contributed by atoms with Gasteiger partial charge < -0.3 is 0 Å². The summed E-state index contributed by atoms with van der Waals surface area (Å²) in [5.41, 5.74) is 0. The van der Waals surface area contributed by atoms with Crippen LogP contribution >= 0.6 is 0 Å². The lowest BCUT2D eigenvalue weighted by Gasteiger charge is -2.25. The van der Waals surface area contributed by atoms with Gasteiger partial charge in [0.2, 0.25) is 6.43 Å². The Morgan fingerprint density at radius 1 is 1.00 bits per heavy atom. The summed E-state index contributed by atoms with van der Waals surface area (Å²) in [7, 11) is 0. The third kappa shape index (κ3) is 5.46. The van der Waals surface area contributed by atoms with Crippen LogP contribution in [0.15, 0.2) is 12.2 Å². The molecule has 2 aliphatic rings. The lowest BCUT2D eigenvalue weighted by atomic mass is 9.81. The smallest absolute Gasteiger partial charge is 0.210 e. The Kier molecular flexibility index (Phi) is 6.74. The van der Waals surface area contributed by atoms with E-state index >= 15 is 0 Å². The minimum Gasteiger partial charge on any atom is -0.210 e. The first kappa shape index (κ1) is 16.5. The van der Waals surface area contributed by atoms with Crippen LogP contribution in [-0.2, 0) is 0 Å². The van der Waals surface area contributed by atoms with E-state index in [1.165, 1.54) is 32.1 Å². The lowest BCUT2D eigenvalue weighted by Crippen LogP contribution is -2.19. The summed E-state index contributed by atoms with van der Waals surface area (Å²) in [6.07, 6.45) is 11.7. The van der Waals surface area contributed by atoms with Crippen molar-refractivity contribution in [2.24, 2.45) is 23.7 Å². The van der Waals surface area contributed by atoms with Gasteiger partial charge in [-0.1, -0.05) is 31.3 Å². The van der Waals surface area contributed by atoms with Crippen LogP contribution in [0.25, 0.3) is 0 Å². The summed E-state index contributed by atoms with van der Waals surface area (Å²) >= 11 is 0. The fraction of sp³-hybridized carbons (Fsp3) is 0.789. The number of rotatable bonds is 3. The van der Waals surface area contributed by atoms with Crippen molar-refractivity contribution in [3.8, 4) is 11.8 Å². The summed E-state index contributed by atoms with van der Waals surface area (Å²) in [6, 6.07) is 0. The molecule has 0 aromatic heterocycles. The molecule has 0 atom stereocenters. The van der Waals surface area contributed by atoms with Crippen molar-refractivity contribution in [1.82, 2.24) is 0 Å². The molecule has 2 rings (SSSR count). The van der Waals surface area contributed by atoms with Gasteiger partial charge in [0.1, 0.15) is 0 Å². The van der Waals surface area contributed by atoms with Crippen LogP contribution in [0, 0.1) is 35.5 Å². The minimum atomic E-state index is -2.14. The second kappa shape index (κ2) is 8.57. The largest absolute Gasteiger partial charge is 0.241 e. The molecule has 0 saturated heterocycles. The quantitative estimate of drug-likeness (QED) is 0.574. The van der Waals surface area contributed by atoms with Gasteiger partial charge in [0.15, 0.2) is 0 Å². The Morgan fingerprint density at radius 3 is 2.24 bits per heavy atom. The van der Waals surface area contributed by atoms with E-state index in [0.717, 1.165) is 18.8 Å². The molecule has 0 aliphatic heterocycles. The first-order chi connectivity index (χ1) is 10.2.